The zero-order chi connectivity index (χ0) is 19.4. The minimum atomic E-state index is -1.21. The first-order chi connectivity index (χ1) is 12.3. The van der Waals surface area contributed by atoms with Crippen molar-refractivity contribution in [1.29, 1.82) is 0 Å². The minimum absolute atomic E-state index is 0.0345. The van der Waals surface area contributed by atoms with Gasteiger partial charge in [0.1, 0.15) is 30.2 Å². The maximum absolute atomic E-state index is 12.5. The zero-order valence-corrected chi connectivity index (χ0v) is 15.1. The van der Waals surface area contributed by atoms with Crippen LogP contribution in [0.3, 0.4) is 0 Å². The number of carboxylic acids is 1. The van der Waals surface area contributed by atoms with Crippen LogP contribution in [0.5, 0.6) is 11.5 Å². The fourth-order valence-corrected chi connectivity index (χ4v) is 3.55. The molecule has 1 aliphatic heterocycles. The first-order valence-electron chi connectivity index (χ1n) is 7.69. The van der Waals surface area contributed by atoms with Gasteiger partial charge < -0.3 is 30.7 Å². The van der Waals surface area contributed by atoms with Gasteiger partial charge in [0, 0.05) is 28.7 Å². The number of hydrogen-bond donors (Lipinski definition) is 4. The van der Waals surface area contributed by atoms with E-state index in [0.29, 0.717) is 16.9 Å². The van der Waals surface area contributed by atoms with E-state index in [0.717, 1.165) is 11.8 Å². The maximum atomic E-state index is 12.5. The third-order valence-electron chi connectivity index (χ3n) is 3.92. The first-order valence-corrected chi connectivity index (χ1v) is 8.84. The Hall–Kier alpha value is -2.46. The van der Waals surface area contributed by atoms with Crippen molar-refractivity contribution in [3.63, 3.8) is 0 Å². The molecule has 26 heavy (non-hydrogen) atoms. The molecular weight excluding hydrogens is 364 g/mol. The second kappa shape index (κ2) is 8.28. The number of phenolic OH excluding ortho intramolecular Hbond substituents is 1. The predicted octanol–water partition coefficient (Wildman–Crippen LogP) is 0.00952. The number of aliphatic carboxylic acids is 1. The number of carbonyl (C=O) groups is 3. The third kappa shape index (κ3) is 4.20. The van der Waals surface area contributed by atoms with E-state index >= 15 is 0 Å². The van der Waals surface area contributed by atoms with Crippen LogP contribution < -0.4 is 15.8 Å². The summed E-state index contributed by atoms with van der Waals surface area (Å²) in [5.74, 6) is -2.35. The molecule has 0 fully saturated rings. The van der Waals surface area contributed by atoms with E-state index < -0.39 is 36.5 Å². The molecule has 0 bridgehead atoms. The number of hydrogen-bond acceptors (Lipinski definition) is 8. The topological polar surface area (TPSA) is 148 Å². The average Bonchev–Trinajstić information content (AvgIpc) is 2.59. The quantitative estimate of drug-likeness (QED) is 0.517. The number of nitrogens with one attached hydrogen (secondary N) is 1. The molecule has 2 atom stereocenters. The van der Waals surface area contributed by atoms with E-state index in [1.807, 2.05) is 0 Å². The molecule has 1 amide bonds. The van der Waals surface area contributed by atoms with Gasteiger partial charge in [0.2, 0.25) is 5.91 Å². The summed E-state index contributed by atoms with van der Waals surface area (Å²) in [6.07, 6.45) is 0. The molecule has 2 rings (SSSR count). The standard InChI is InChI=1S/C16H20N2O7S/c1-7-12(24-2)3-11(19)8-5-26-6-10(15(21)22)18-14(20)9(17)4-25-16(23)13(7)8/h3,9-10,19H,4-6,17H2,1-2H3,(H,18,20)(H,21,22)/t9-,10-/m0/s1. The van der Waals surface area contributed by atoms with E-state index in [2.05, 4.69) is 5.32 Å². The number of carbonyl (C=O) groups excluding carboxylic acids is 2. The minimum Gasteiger partial charge on any atom is -0.507 e. The van der Waals surface area contributed by atoms with Crippen LogP contribution in [-0.4, -0.2) is 59.6 Å². The van der Waals surface area contributed by atoms with Crippen molar-refractivity contribution >= 4 is 29.6 Å². The van der Waals surface area contributed by atoms with Gasteiger partial charge in [0.05, 0.1) is 12.7 Å². The summed E-state index contributed by atoms with van der Waals surface area (Å²) < 4.78 is 10.3. The largest absolute Gasteiger partial charge is 0.507 e. The Morgan fingerprint density at radius 2 is 2.15 bits per heavy atom. The monoisotopic (exact) mass is 384 g/mol. The third-order valence-corrected chi connectivity index (χ3v) is 4.99. The number of thioether (sulfide) groups is 1. The Bertz CT molecular complexity index is 738. The highest BCUT2D eigenvalue weighted by Crippen LogP contribution is 2.35. The van der Waals surface area contributed by atoms with Crippen molar-refractivity contribution in [2.75, 3.05) is 19.5 Å². The molecule has 0 saturated heterocycles. The van der Waals surface area contributed by atoms with Gasteiger partial charge in [0.15, 0.2) is 0 Å². The second-order valence-corrected chi connectivity index (χ2v) is 6.73. The molecule has 10 heteroatoms. The van der Waals surface area contributed by atoms with Gasteiger partial charge in [-0.3, -0.25) is 4.79 Å². The van der Waals surface area contributed by atoms with Gasteiger partial charge >= 0.3 is 11.9 Å². The molecule has 9 nitrogen and oxygen atoms in total. The summed E-state index contributed by atoms with van der Waals surface area (Å²) in [4.78, 5) is 35.8. The lowest BCUT2D eigenvalue weighted by Crippen LogP contribution is -2.51. The molecule has 1 aliphatic rings. The van der Waals surface area contributed by atoms with Crippen LogP contribution in [0.1, 0.15) is 21.5 Å². The highest BCUT2D eigenvalue weighted by Gasteiger charge is 2.28. The number of fused-ring (bicyclic) bond motifs is 1. The smallest absolute Gasteiger partial charge is 0.339 e. The summed E-state index contributed by atoms with van der Waals surface area (Å²) in [5.41, 5.74) is 6.56. The Kier molecular flexibility index (Phi) is 6.32. The van der Waals surface area contributed by atoms with Crippen LogP contribution in [0.25, 0.3) is 0 Å². The van der Waals surface area contributed by atoms with Gasteiger partial charge in [-0.1, -0.05) is 0 Å². The summed E-state index contributed by atoms with van der Waals surface area (Å²) in [6.45, 7) is 1.21. The molecule has 5 N–H and O–H groups in total. The highest BCUT2D eigenvalue weighted by atomic mass is 32.2. The van der Waals surface area contributed by atoms with Crippen molar-refractivity contribution in [2.45, 2.75) is 24.8 Å². The number of esters is 1. The lowest BCUT2D eigenvalue weighted by molar-refractivity contribution is -0.141. The normalized spacial score (nSPS) is 21.5. The van der Waals surface area contributed by atoms with Crippen molar-refractivity contribution in [3.05, 3.63) is 22.8 Å². The van der Waals surface area contributed by atoms with Crippen LogP contribution in [0.4, 0.5) is 0 Å². The number of rotatable bonds is 2. The van der Waals surface area contributed by atoms with Gasteiger partial charge in [-0.25, -0.2) is 9.59 Å². The number of phenols is 1. The van der Waals surface area contributed by atoms with Gasteiger partial charge in [0.25, 0.3) is 0 Å². The Labute approximate surface area is 153 Å². The molecule has 0 spiro atoms. The summed E-state index contributed by atoms with van der Waals surface area (Å²) in [5, 5.41) is 21.8. The number of aromatic hydroxyl groups is 1. The van der Waals surface area contributed by atoms with Crippen LogP contribution >= 0.6 is 11.8 Å². The number of ether oxygens (including phenoxy) is 2. The fraction of sp³-hybridized carbons (Fsp3) is 0.438. The lowest BCUT2D eigenvalue weighted by Gasteiger charge is -2.21. The molecular formula is C16H20N2O7S. The van der Waals surface area contributed by atoms with Crippen LogP contribution in [0, 0.1) is 6.92 Å². The number of nitrogens with two attached hydrogens (primary N) is 1. The number of cyclic esters (lactones) is 1. The molecule has 0 aromatic heterocycles. The number of carboxylic acid groups (broad SMARTS) is 1. The van der Waals surface area contributed by atoms with E-state index in [4.69, 9.17) is 15.2 Å². The maximum Gasteiger partial charge on any atom is 0.339 e. The number of benzene rings is 1. The molecule has 0 radical (unpaired) electrons. The van der Waals surface area contributed by atoms with Crippen LogP contribution in [0.2, 0.25) is 0 Å². The summed E-state index contributed by atoms with van der Waals surface area (Å²) in [7, 11) is 1.40. The molecule has 0 unspecified atom stereocenters. The molecule has 1 heterocycles. The molecule has 1 aromatic rings. The van der Waals surface area contributed by atoms with E-state index in [-0.39, 0.29) is 22.8 Å². The lowest BCUT2D eigenvalue weighted by atomic mass is 10.0. The highest BCUT2D eigenvalue weighted by molar-refractivity contribution is 7.98. The van der Waals surface area contributed by atoms with E-state index in [1.54, 1.807) is 6.92 Å². The Balaban J connectivity index is 2.45. The fourth-order valence-electron chi connectivity index (χ4n) is 2.48. The number of methoxy groups -OCH3 is 1. The predicted molar refractivity (Wildman–Crippen MR) is 93.4 cm³/mol. The van der Waals surface area contributed by atoms with Crippen molar-refractivity contribution in [2.24, 2.45) is 5.73 Å². The van der Waals surface area contributed by atoms with Gasteiger partial charge in [-0.2, -0.15) is 11.8 Å². The molecule has 1 aromatic carbocycles. The van der Waals surface area contributed by atoms with E-state index in [1.165, 1.54) is 13.2 Å². The van der Waals surface area contributed by atoms with E-state index in [9.17, 15) is 24.6 Å². The number of amides is 1. The second-order valence-electron chi connectivity index (χ2n) is 5.70. The summed E-state index contributed by atoms with van der Waals surface area (Å²) in [6, 6.07) is -0.984. The van der Waals surface area contributed by atoms with Crippen LogP contribution in [0.15, 0.2) is 6.07 Å². The molecule has 142 valence electrons. The Morgan fingerprint density at radius 3 is 2.77 bits per heavy atom. The van der Waals surface area contributed by atoms with Gasteiger partial charge in [-0.15, -0.1) is 0 Å². The Morgan fingerprint density at radius 1 is 1.46 bits per heavy atom. The SMILES string of the molecule is COc1cc(O)c2c(c1C)C(=O)OC[C@H](N)C(=O)N[C@H](C(=O)O)CSC2. The first kappa shape index (κ1) is 19.9. The summed E-state index contributed by atoms with van der Waals surface area (Å²) >= 11 is 1.14. The van der Waals surface area contributed by atoms with Crippen molar-refractivity contribution in [3.8, 4) is 11.5 Å². The molecule has 0 aliphatic carbocycles. The van der Waals surface area contributed by atoms with Gasteiger partial charge in [-0.05, 0) is 6.92 Å². The average molecular weight is 384 g/mol. The molecule has 0 saturated carbocycles. The van der Waals surface area contributed by atoms with Crippen LogP contribution in [-0.2, 0) is 20.1 Å². The van der Waals surface area contributed by atoms with Crippen molar-refractivity contribution in [1.82, 2.24) is 5.32 Å². The van der Waals surface area contributed by atoms with Crippen molar-refractivity contribution < 1.29 is 34.1 Å². The zero-order valence-electron chi connectivity index (χ0n) is 14.3.